The maximum absolute atomic E-state index is 9.26. The van der Waals surface area contributed by atoms with Crippen molar-refractivity contribution >= 4 is 0 Å². The molecule has 0 bridgehead atoms. The van der Waals surface area contributed by atoms with E-state index in [-0.39, 0.29) is 5.41 Å². The van der Waals surface area contributed by atoms with Crippen LogP contribution in [0.15, 0.2) is 36.9 Å². The molecule has 0 saturated heterocycles. The van der Waals surface area contributed by atoms with E-state index in [0.717, 1.165) is 12.0 Å². The highest BCUT2D eigenvalue weighted by Crippen LogP contribution is 2.24. The Morgan fingerprint density at radius 3 is 2.69 bits per heavy atom. The largest absolute Gasteiger partial charge is 0.508 e. The zero-order valence-electron chi connectivity index (χ0n) is 8.25. The fourth-order valence-corrected chi connectivity index (χ4v) is 1.26. The van der Waals surface area contributed by atoms with E-state index in [0.29, 0.717) is 5.75 Å². The fourth-order valence-electron chi connectivity index (χ4n) is 1.26. The van der Waals surface area contributed by atoms with Crippen LogP contribution < -0.4 is 0 Å². The maximum atomic E-state index is 9.26. The Balaban J connectivity index is 2.80. The van der Waals surface area contributed by atoms with Gasteiger partial charge in [-0.15, -0.1) is 6.58 Å². The van der Waals surface area contributed by atoms with Crippen LogP contribution in [0.25, 0.3) is 0 Å². The first-order valence-electron chi connectivity index (χ1n) is 4.45. The van der Waals surface area contributed by atoms with Crippen LogP contribution in [0, 0.1) is 5.41 Å². The molecular weight excluding hydrogens is 160 g/mol. The predicted octanol–water partition coefficient (Wildman–Crippen LogP) is 3.15. The highest BCUT2D eigenvalue weighted by molar-refractivity contribution is 5.28. The number of rotatable bonds is 3. The quantitative estimate of drug-likeness (QED) is 0.701. The van der Waals surface area contributed by atoms with E-state index in [1.807, 2.05) is 18.2 Å². The number of phenols is 1. The third-order valence-corrected chi connectivity index (χ3v) is 2.12. The molecule has 1 heteroatoms. The van der Waals surface area contributed by atoms with Crippen molar-refractivity contribution in [2.45, 2.75) is 20.3 Å². The van der Waals surface area contributed by atoms with Crippen molar-refractivity contribution in [3.05, 3.63) is 42.5 Å². The molecule has 0 radical (unpaired) electrons. The van der Waals surface area contributed by atoms with Gasteiger partial charge in [0.25, 0.3) is 0 Å². The second-order valence-electron chi connectivity index (χ2n) is 4.04. The maximum Gasteiger partial charge on any atom is 0.115 e. The molecule has 1 N–H and O–H groups in total. The SMILES string of the molecule is C=CC(C)(C)Cc1cccc(O)c1. The van der Waals surface area contributed by atoms with Gasteiger partial charge in [-0.1, -0.05) is 32.1 Å². The van der Waals surface area contributed by atoms with Crippen LogP contribution >= 0.6 is 0 Å². The van der Waals surface area contributed by atoms with Crippen LogP contribution in [-0.2, 0) is 6.42 Å². The molecule has 13 heavy (non-hydrogen) atoms. The molecule has 70 valence electrons. The van der Waals surface area contributed by atoms with Crippen LogP contribution in [0.2, 0.25) is 0 Å². The first-order valence-corrected chi connectivity index (χ1v) is 4.45. The van der Waals surface area contributed by atoms with Crippen LogP contribution in [-0.4, -0.2) is 5.11 Å². The zero-order valence-corrected chi connectivity index (χ0v) is 8.25. The zero-order chi connectivity index (χ0) is 9.90. The number of aromatic hydroxyl groups is 1. The van der Waals surface area contributed by atoms with Gasteiger partial charge in [0.05, 0.1) is 0 Å². The van der Waals surface area contributed by atoms with E-state index in [9.17, 15) is 5.11 Å². The Bertz CT molecular complexity index is 300. The smallest absolute Gasteiger partial charge is 0.115 e. The third kappa shape index (κ3) is 2.94. The Morgan fingerprint density at radius 2 is 2.15 bits per heavy atom. The van der Waals surface area contributed by atoms with Crippen molar-refractivity contribution in [3.63, 3.8) is 0 Å². The van der Waals surface area contributed by atoms with Crippen LogP contribution in [0.3, 0.4) is 0 Å². The lowest BCUT2D eigenvalue weighted by Crippen LogP contribution is -2.10. The molecule has 0 saturated carbocycles. The Morgan fingerprint density at radius 1 is 1.46 bits per heavy atom. The van der Waals surface area contributed by atoms with Gasteiger partial charge >= 0.3 is 0 Å². The monoisotopic (exact) mass is 176 g/mol. The van der Waals surface area contributed by atoms with Crippen molar-refractivity contribution < 1.29 is 5.11 Å². The molecule has 0 aliphatic rings. The molecule has 0 aromatic heterocycles. The second kappa shape index (κ2) is 3.65. The predicted molar refractivity (Wildman–Crippen MR) is 55.8 cm³/mol. The van der Waals surface area contributed by atoms with Gasteiger partial charge in [-0.25, -0.2) is 0 Å². The summed E-state index contributed by atoms with van der Waals surface area (Å²) in [5.74, 6) is 0.331. The van der Waals surface area contributed by atoms with Crippen molar-refractivity contribution in [2.24, 2.45) is 5.41 Å². The molecule has 0 unspecified atom stereocenters. The molecule has 0 aliphatic carbocycles. The van der Waals surface area contributed by atoms with Gasteiger partial charge < -0.3 is 5.11 Å². The van der Waals surface area contributed by atoms with Gasteiger partial charge in [0, 0.05) is 0 Å². The lowest BCUT2D eigenvalue weighted by molar-refractivity contribution is 0.463. The topological polar surface area (TPSA) is 20.2 Å². The standard InChI is InChI=1S/C12H16O/c1-4-12(2,3)9-10-6-5-7-11(13)8-10/h4-8,13H,1,9H2,2-3H3. The van der Waals surface area contributed by atoms with Crippen molar-refractivity contribution in [1.82, 2.24) is 0 Å². The molecule has 1 rings (SSSR count). The minimum absolute atomic E-state index is 0.0911. The van der Waals surface area contributed by atoms with Gasteiger partial charge in [0.1, 0.15) is 5.75 Å². The number of hydrogen-bond donors (Lipinski definition) is 1. The molecule has 0 aliphatic heterocycles. The van der Waals surface area contributed by atoms with Gasteiger partial charge in [-0.2, -0.15) is 0 Å². The lowest BCUT2D eigenvalue weighted by atomic mass is 9.86. The van der Waals surface area contributed by atoms with E-state index in [4.69, 9.17) is 0 Å². The summed E-state index contributed by atoms with van der Waals surface area (Å²) in [6, 6.07) is 7.37. The molecule has 1 aromatic rings. The Kier molecular flexibility index (Phi) is 2.76. The minimum atomic E-state index is 0.0911. The van der Waals surface area contributed by atoms with Crippen molar-refractivity contribution in [1.29, 1.82) is 0 Å². The molecule has 0 spiro atoms. The van der Waals surface area contributed by atoms with Crippen LogP contribution in [0.5, 0.6) is 5.75 Å². The summed E-state index contributed by atoms with van der Waals surface area (Å²) < 4.78 is 0. The second-order valence-corrected chi connectivity index (χ2v) is 4.04. The average molecular weight is 176 g/mol. The highest BCUT2D eigenvalue weighted by atomic mass is 16.3. The van der Waals surface area contributed by atoms with E-state index < -0.39 is 0 Å². The van der Waals surface area contributed by atoms with Crippen LogP contribution in [0.4, 0.5) is 0 Å². The Labute approximate surface area is 79.7 Å². The van der Waals surface area contributed by atoms with Crippen molar-refractivity contribution in [2.75, 3.05) is 0 Å². The molecule has 1 nitrogen and oxygen atoms in total. The molecule has 0 amide bonds. The molecule has 0 fully saturated rings. The number of allylic oxidation sites excluding steroid dienone is 1. The molecule has 0 heterocycles. The van der Waals surface area contributed by atoms with Gasteiger partial charge in [-0.05, 0) is 29.5 Å². The lowest BCUT2D eigenvalue weighted by Gasteiger charge is -2.19. The normalized spacial score (nSPS) is 11.2. The molecule has 1 aromatic carbocycles. The van der Waals surface area contributed by atoms with E-state index in [1.54, 1.807) is 12.1 Å². The number of hydrogen-bond acceptors (Lipinski definition) is 1. The molecule has 0 atom stereocenters. The summed E-state index contributed by atoms with van der Waals surface area (Å²) >= 11 is 0. The minimum Gasteiger partial charge on any atom is -0.508 e. The third-order valence-electron chi connectivity index (χ3n) is 2.12. The summed E-state index contributed by atoms with van der Waals surface area (Å²) in [6.07, 6.45) is 2.85. The summed E-state index contributed by atoms with van der Waals surface area (Å²) in [7, 11) is 0. The first kappa shape index (κ1) is 9.85. The van der Waals surface area contributed by atoms with E-state index in [1.165, 1.54) is 0 Å². The highest BCUT2D eigenvalue weighted by Gasteiger charge is 2.13. The first-order chi connectivity index (χ1) is 6.03. The van der Waals surface area contributed by atoms with Gasteiger partial charge in [0.2, 0.25) is 0 Å². The fraction of sp³-hybridized carbons (Fsp3) is 0.333. The Hall–Kier alpha value is -1.24. The van der Waals surface area contributed by atoms with Crippen LogP contribution in [0.1, 0.15) is 19.4 Å². The summed E-state index contributed by atoms with van der Waals surface area (Å²) in [5, 5.41) is 9.26. The van der Waals surface area contributed by atoms with E-state index >= 15 is 0 Å². The van der Waals surface area contributed by atoms with Gasteiger partial charge in [0.15, 0.2) is 0 Å². The molecular formula is C12H16O. The summed E-state index contributed by atoms with van der Waals surface area (Å²) in [4.78, 5) is 0. The number of benzene rings is 1. The number of phenolic OH excluding ortho intramolecular Hbond substituents is 1. The van der Waals surface area contributed by atoms with Gasteiger partial charge in [-0.3, -0.25) is 0 Å². The summed E-state index contributed by atoms with van der Waals surface area (Å²) in [6.45, 7) is 8.05. The summed E-state index contributed by atoms with van der Waals surface area (Å²) in [5.41, 5.74) is 1.23. The van der Waals surface area contributed by atoms with E-state index in [2.05, 4.69) is 20.4 Å². The van der Waals surface area contributed by atoms with Crippen molar-refractivity contribution in [3.8, 4) is 5.75 Å². The average Bonchev–Trinajstić information content (AvgIpc) is 2.03.